The molecule has 0 saturated heterocycles. The number of imide groups is 2. The highest BCUT2D eigenvalue weighted by Crippen LogP contribution is 2.55. The van der Waals surface area contributed by atoms with Gasteiger partial charge in [0.05, 0.1) is 11.1 Å². The molecule has 35 heavy (non-hydrogen) atoms. The number of rotatable bonds is 5. The molecule has 6 nitrogen and oxygen atoms in total. The zero-order valence-corrected chi connectivity index (χ0v) is 22.0. The minimum Gasteiger partial charge on any atom is -0.269 e. The second-order valence-electron chi connectivity index (χ2n) is 12.6. The van der Waals surface area contributed by atoms with E-state index in [0.29, 0.717) is 18.8 Å². The Hall–Kier alpha value is -2.76. The summed E-state index contributed by atoms with van der Waals surface area (Å²) < 4.78 is 0. The van der Waals surface area contributed by atoms with Crippen molar-refractivity contribution in [3.63, 3.8) is 0 Å². The Morgan fingerprint density at radius 1 is 0.686 bits per heavy atom. The Balaban J connectivity index is 1.65. The zero-order chi connectivity index (χ0) is 26.0. The Morgan fingerprint density at radius 2 is 1.00 bits per heavy atom. The molecule has 0 spiro atoms. The van der Waals surface area contributed by atoms with Crippen molar-refractivity contribution in [1.82, 2.24) is 9.80 Å². The van der Waals surface area contributed by atoms with Crippen molar-refractivity contribution >= 4 is 23.6 Å². The van der Waals surface area contributed by atoms with Gasteiger partial charge in [-0.15, -0.1) is 0 Å². The standard InChI is InChI=1S/C29H38N2O4/c1-8-19(20-13-15-28(6,17-26(20,2)3)30-22(32)9-10-23(30)33)21-14-16-29(7,18-27(21,4)5)31-24(34)11-12-25(31)35/h9-16,19-21H,8,17-18H2,1-7H3. The van der Waals surface area contributed by atoms with Crippen molar-refractivity contribution in [3.8, 4) is 0 Å². The first kappa shape index (κ1) is 25.3. The molecule has 0 aromatic heterocycles. The van der Waals surface area contributed by atoms with Crippen molar-refractivity contribution in [1.29, 1.82) is 0 Å². The van der Waals surface area contributed by atoms with E-state index in [4.69, 9.17) is 0 Å². The van der Waals surface area contributed by atoms with Crippen molar-refractivity contribution in [3.05, 3.63) is 48.6 Å². The van der Waals surface area contributed by atoms with Gasteiger partial charge in [-0.25, -0.2) is 0 Å². The SMILES string of the molecule is CCC(C1C=CC(C)(N2C(=O)C=CC2=O)CC1(C)C)C1C=CC(C)(N2C(=O)C=CC2=O)CC1(C)C. The van der Waals surface area contributed by atoms with Gasteiger partial charge in [-0.3, -0.25) is 29.0 Å². The van der Waals surface area contributed by atoms with Crippen LogP contribution in [0.4, 0.5) is 0 Å². The van der Waals surface area contributed by atoms with Crippen molar-refractivity contribution in [2.45, 2.75) is 78.8 Å². The number of hydrogen-bond donors (Lipinski definition) is 0. The molecule has 2 aliphatic carbocycles. The lowest BCUT2D eigenvalue weighted by Crippen LogP contribution is -2.56. The second-order valence-corrected chi connectivity index (χ2v) is 12.6. The highest BCUT2D eigenvalue weighted by Gasteiger charge is 2.53. The molecule has 4 rings (SSSR count). The largest absolute Gasteiger partial charge is 0.269 e. The van der Waals surface area contributed by atoms with Crippen LogP contribution in [0.1, 0.15) is 67.7 Å². The van der Waals surface area contributed by atoms with Gasteiger partial charge < -0.3 is 0 Å². The van der Waals surface area contributed by atoms with Crippen LogP contribution in [0, 0.1) is 28.6 Å². The van der Waals surface area contributed by atoms with Crippen molar-refractivity contribution in [2.24, 2.45) is 28.6 Å². The Kier molecular flexibility index (Phi) is 5.89. The van der Waals surface area contributed by atoms with Crippen LogP contribution in [0.15, 0.2) is 48.6 Å². The van der Waals surface area contributed by atoms with Gasteiger partial charge in [-0.05, 0) is 55.3 Å². The quantitative estimate of drug-likeness (QED) is 0.428. The average Bonchev–Trinajstić information content (AvgIpc) is 3.25. The number of allylic oxidation sites excluding steroid dienone is 2. The van der Waals surface area contributed by atoms with E-state index in [1.165, 1.54) is 34.1 Å². The molecule has 4 atom stereocenters. The number of hydrogen-bond acceptors (Lipinski definition) is 4. The maximum atomic E-state index is 12.4. The molecule has 2 heterocycles. The first-order valence-corrected chi connectivity index (χ1v) is 12.7. The summed E-state index contributed by atoms with van der Waals surface area (Å²) in [6.45, 7) is 15.1. The highest BCUT2D eigenvalue weighted by atomic mass is 16.2. The van der Waals surface area contributed by atoms with Crippen LogP contribution in [-0.2, 0) is 19.2 Å². The van der Waals surface area contributed by atoms with Gasteiger partial charge in [0, 0.05) is 24.3 Å². The average molecular weight is 479 g/mol. The van der Waals surface area contributed by atoms with Crippen LogP contribution in [0.25, 0.3) is 0 Å². The van der Waals surface area contributed by atoms with E-state index in [9.17, 15) is 19.2 Å². The fraction of sp³-hybridized carbons (Fsp3) is 0.586. The van der Waals surface area contributed by atoms with Gasteiger partial charge in [0.1, 0.15) is 0 Å². The van der Waals surface area contributed by atoms with Crippen LogP contribution < -0.4 is 0 Å². The maximum Gasteiger partial charge on any atom is 0.254 e. The smallest absolute Gasteiger partial charge is 0.254 e. The number of nitrogens with zero attached hydrogens (tertiary/aromatic N) is 2. The molecule has 2 aliphatic heterocycles. The van der Waals surface area contributed by atoms with E-state index >= 15 is 0 Å². The lowest BCUT2D eigenvalue weighted by atomic mass is 9.54. The summed E-state index contributed by atoms with van der Waals surface area (Å²) in [5.41, 5.74) is -1.61. The fourth-order valence-electron chi connectivity index (χ4n) is 7.63. The molecule has 4 unspecified atom stereocenters. The number of carbonyl (C=O) groups excluding carboxylic acids is 4. The number of amides is 4. The van der Waals surface area contributed by atoms with Gasteiger partial charge >= 0.3 is 0 Å². The molecular weight excluding hydrogens is 440 g/mol. The third-order valence-electron chi connectivity index (χ3n) is 8.79. The molecule has 188 valence electrons. The predicted octanol–water partition coefficient (Wildman–Crippen LogP) is 4.58. The molecule has 0 N–H and O–H groups in total. The van der Waals surface area contributed by atoms with E-state index in [1.807, 2.05) is 13.8 Å². The summed E-state index contributed by atoms with van der Waals surface area (Å²) in [7, 11) is 0. The van der Waals surface area contributed by atoms with Gasteiger partial charge in [-0.2, -0.15) is 0 Å². The first-order valence-electron chi connectivity index (χ1n) is 12.7. The third-order valence-corrected chi connectivity index (χ3v) is 8.79. The molecule has 0 saturated carbocycles. The van der Waals surface area contributed by atoms with Crippen LogP contribution in [0.5, 0.6) is 0 Å². The normalized spacial score (nSPS) is 36.5. The van der Waals surface area contributed by atoms with E-state index in [2.05, 4.69) is 58.9 Å². The lowest BCUT2D eigenvalue weighted by Gasteiger charge is -2.54. The van der Waals surface area contributed by atoms with E-state index in [1.54, 1.807) is 0 Å². The van der Waals surface area contributed by atoms with Crippen molar-refractivity contribution in [2.75, 3.05) is 0 Å². The van der Waals surface area contributed by atoms with Gasteiger partial charge in [-0.1, -0.05) is 65.3 Å². The fourth-order valence-corrected chi connectivity index (χ4v) is 7.63. The summed E-state index contributed by atoms with van der Waals surface area (Å²) in [5, 5.41) is 0. The summed E-state index contributed by atoms with van der Waals surface area (Å²) in [5.74, 6) is -0.182. The van der Waals surface area contributed by atoms with Crippen LogP contribution in [-0.4, -0.2) is 44.5 Å². The summed E-state index contributed by atoms with van der Waals surface area (Å²) in [6.07, 6.45) is 16.3. The molecule has 4 amide bonds. The molecule has 0 bridgehead atoms. The van der Waals surface area contributed by atoms with Gasteiger partial charge in [0.2, 0.25) is 0 Å². The minimum atomic E-state index is -0.657. The Bertz CT molecular complexity index is 974. The monoisotopic (exact) mass is 478 g/mol. The molecule has 0 radical (unpaired) electrons. The molecule has 0 fully saturated rings. The van der Waals surface area contributed by atoms with E-state index < -0.39 is 11.1 Å². The van der Waals surface area contributed by atoms with Gasteiger partial charge in [0.25, 0.3) is 23.6 Å². The lowest BCUT2D eigenvalue weighted by molar-refractivity contribution is -0.144. The van der Waals surface area contributed by atoms with E-state index in [0.717, 1.165) is 6.42 Å². The second kappa shape index (κ2) is 8.14. The summed E-state index contributed by atoms with van der Waals surface area (Å²) >= 11 is 0. The van der Waals surface area contributed by atoms with Crippen LogP contribution in [0.2, 0.25) is 0 Å². The zero-order valence-electron chi connectivity index (χ0n) is 22.0. The summed E-state index contributed by atoms with van der Waals surface area (Å²) in [6, 6.07) is 0. The van der Waals surface area contributed by atoms with Crippen LogP contribution >= 0.6 is 0 Å². The molecule has 4 aliphatic rings. The number of carbonyl (C=O) groups is 4. The topological polar surface area (TPSA) is 74.8 Å². The van der Waals surface area contributed by atoms with Crippen LogP contribution in [0.3, 0.4) is 0 Å². The summed E-state index contributed by atoms with van der Waals surface area (Å²) in [4.78, 5) is 52.5. The Morgan fingerprint density at radius 3 is 1.26 bits per heavy atom. The van der Waals surface area contributed by atoms with E-state index in [-0.39, 0.29) is 46.3 Å². The minimum absolute atomic E-state index is 0.150. The van der Waals surface area contributed by atoms with Gasteiger partial charge in [0.15, 0.2) is 0 Å². The molecule has 0 aromatic carbocycles. The highest BCUT2D eigenvalue weighted by molar-refractivity contribution is 6.14. The van der Waals surface area contributed by atoms with Crippen molar-refractivity contribution < 1.29 is 19.2 Å². The molecule has 6 heteroatoms. The Labute approximate surface area is 208 Å². The molecular formula is C29H38N2O4. The maximum absolute atomic E-state index is 12.4. The molecule has 0 aromatic rings. The first-order chi connectivity index (χ1) is 16.2. The third kappa shape index (κ3) is 4.05. The predicted molar refractivity (Wildman–Crippen MR) is 135 cm³/mol.